The fourth-order valence-electron chi connectivity index (χ4n) is 2.33. The van der Waals surface area contributed by atoms with E-state index in [2.05, 4.69) is 13.5 Å². The fraction of sp³-hybridized carbons (Fsp3) is 0.476. The van der Waals surface area contributed by atoms with Gasteiger partial charge in [-0.25, -0.2) is 4.79 Å². The van der Waals surface area contributed by atoms with E-state index in [1.54, 1.807) is 30.3 Å². The molecule has 0 fully saturated rings. The van der Waals surface area contributed by atoms with Crippen molar-refractivity contribution in [2.75, 3.05) is 6.61 Å². The zero-order valence-electron chi connectivity index (χ0n) is 15.5. The summed E-state index contributed by atoms with van der Waals surface area (Å²) in [4.78, 5) is 35.3. The highest BCUT2D eigenvalue weighted by Crippen LogP contribution is 2.12. The number of carbonyl (C=O) groups is 3. The minimum atomic E-state index is -0.744. The van der Waals surface area contributed by atoms with Crippen molar-refractivity contribution in [2.45, 2.75) is 58.3 Å². The molecule has 0 heterocycles. The molecule has 5 heteroatoms. The summed E-state index contributed by atoms with van der Waals surface area (Å²) in [5.74, 6) is -1.07. The molecule has 0 amide bonds. The van der Waals surface area contributed by atoms with Crippen molar-refractivity contribution < 1.29 is 23.9 Å². The van der Waals surface area contributed by atoms with Gasteiger partial charge in [0.2, 0.25) is 0 Å². The first kappa shape index (κ1) is 21.6. The maximum absolute atomic E-state index is 11.8. The number of benzene rings is 1. The molecule has 0 N–H and O–H groups in total. The SMILES string of the molecule is C=C(CC(=O)Oc1ccccc1)C(=O)OCC(=O)CCCCCCCC. The van der Waals surface area contributed by atoms with Gasteiger partial charge in [-0.1, -0.05) is 63.8 Å². The van der Waals surface area contributed by atoms with Crippen LogP contribution in [0.25, 0.3) is 0 Å². The first-order valence-corrected chi connectivity index (χ1v) is 9.15. The second-order valence-electron chi connectivity index (χ2n) is 6.20. The van der Waals surface area contributed by atoms with Gasteiger partial charge in [0.25, 0.3) is 0 Å². The minimum Gasteiger partial charge on any atom is -0.454 e. The lowest BCUT2D eigenvalue weighted by atomic mass is 10.1. The van der Waals surface area contributed by atoms with Gasteiger partial charge in [-0.2, -0.15) is 0 Å². The van der Waals surface area contributed by atoms with E-state index in [1.807, 2.05) is 0 Å². The molecule has 1 aromatic rings. The summed E-state index contributed by atoms with van der Waals surface area (Å²) in [7, 11) is 0. The number of rotatable bonds is 13. The third-order valence-corrected chi connectivity index (χ3v) is 3.79. The normalized spacial score (nSPS) is 10.2. The Morgan fingerprint density at radius 3 is 2.31 bits per heavy atom. The molecule has 0 aliphatic carbocycles. The first-order valence-electron chi connectivity index (χ1n) is 9.15. The Morgan fingerprint density at radius 2 is 1.62 bits per heavy atom. The van der Waals surface area contributed by atoms with Crippen molar-refractivity contribution in [3.05, 3.63) is 42.5 Å². The molecule has 1 aromatic carbocycles. The molecule has 1 rings (SSSR count). The molecule has 0 radical (unpaired) electrons. The van der Waals surface area contributed by atoms with Gasteiger partial charge in [0, 0.05) is 12.0 Å². The monoisotopic (exact) mass is 360 g/mol. The predicted octanol–water partition coefficient (Wildman–Crippen LogP) is 4.40. The Bertz CT molecular complexity index is 592. The number of esters is 2. The predicted molar refractivity (Wildman–Crippen MR) is 99.8 cm³/mol. The van der Waals surface area contributed by atoms with Crippen LogP contribution >= 0.6 is 0 Å². The van der Waals surface area contributed by atoms with E-state index in [0.29, 0.717) is 12.2 Å². The molecule has 0 saturated carbocycles. The minimum absolute atomic E-state index is 0.0294. The number of ketones is 1. The van der Waals surface area contributed by atoms with E-state index >= 15 is 0 Å². The molecular formula is C21H28O5. The highest BCUT2D eigenvalue weighted by Gasteiger charge is 2.16. The average Bonchev–Trinajstić information content (AvgIpc) is 2.63. The van der Waals surface area contributed by atoms with Crippen LogP contribution in [0.1, 0.15) is 58.3 Å². The number of ether oxygens (including phenoxy) is 2. The van der Waals surface area contributed by atoms with E-state index in [-0.39, 0.29) is 24.4 Å². The molecule has 0 bridgehead atoms. The molecule has 0 spiro atoms. The zero-order valence-corrected chi connectivity index (χ0v) is 15.5. The topological polar surface area (TPSA) is 69.7 Å². The smallest absolute Gasteiger partial charge is 0.334 e. The Morgan fingerprint density at radius 1 is 0.962 bits per heavy atom. The highest BCUT2D eigenvalue weighted by molar-refractivity contribution is 5.95. The number of hydrogen-bond donors (Lipinski definition) is 0. The van der Waals surface area contributed by atoms with Crippen molar-refractivity contribution in [3.63, 3.8) is 0 Å². The van der Waals surface area contributed by atoms with Crippen molar-refractivity contribution in [2.24, 2.45) is 0 Å². The van der Waals surface area contributed by atoms with Crippen molar-refractivity contribution >= 4 is 17.7 Å². The van der Waals surface area contributed by atoms with Gasteiger partial charge in [0.1, 0.15) is 12.4 Å². The largest absolute Gasteiger partial charge is 0.454 e. The molecule has 0 aromatic heterocycles. The van der Waals surface area contributed by atoms with Crippen LogP contribution in [-0.2, 0) is 19.1 Å². The molecule has 0 unspecified atom stereocenters. The molecule has 142 valence electrons. The van der Waals surface area contributed by atoms with E-state index in [1.165, 1.54) is 19.3 Å². The lowest BCUT2D eigenvalue weighted by Gasteiger charge is -2.07. The number of para-hydroxylation sites is 1. The first-order chi connectivity index (χ1) is 12.5. The Hall–Kier alpha value is -2.43. The van der Waals surface area contributed by atoms with E-state index in [9.17, 15) is 14.4 Å². The third kappa shape index (κ3) is 9.77. The lowest BCUT2D eigenvalue weighted by molar-refractivity contribution is -0.145. The van der Waals surface area contributed by atoms with Crippen LogP contribution in [-0.4, -0.2) is 24.3 Å². The molecule has 5 nitrogen and oxygen atoms in total. The van der Waals surface area contributed by atoms with Crippen LogP contribution < -0.4 is 4.74 Å². The lowest BCUT2D eigenvalue weighted by Crippen LogP contribution is -2.18. The summed E-state index contributed by atoms with van der Waals surface area (Å²) < 4.78 is 10.00. The maximum atomic E-state index is 11.8. The summed E-state index contributed by atoms with van der Waals surface area (Å²) >= 11 is 0. The van der Waals surface area contributed by atoms with Gasteiger partial charge in [-0.15, -0.1) is 0 Å². The second kappa shape index (κ2) is 12.9. The highest BCUT2D eigenvalue weighted by atomic mass is 16.5. The van der Waals surface area contributed by atoms with Gasteiger partial charge < -0.3 is 9.47 Å². The van der Waals surface area contributed by atoms with Crippen LogP contribution in [0, 0.1) is 0 Å². The van der Waals surface area contributed by atoms with Crippen molar-refractivity contribution in [3.8, 4) is 5.75 Å². The fourth-order valence-corrected chi connectivity index (χ4v) is 2.33. The molecular weight excluding hydrogens is 332 g/mol. The maximum Gasteiger partial charge on any atom is 0.334 e. The van der Waals surface area contributed by atoms with E-state index in [0.717, 1.165) is 19.3 Å². The summed E-state index contributed by atoms with van der Waals surface area (Å²) in [6, 6.07) is 8.55. The van der Waals surface area contributed by atoms with Gasteiger partial charge in [-0.3, -0.25) is 9.59 Å². The Kier molecular flexibility index (Phi) is 10.7. The number of carbonyl (C=O) groups excluding carboxylic acids is 3. The molecule has 0 atom stereocenters. The molecule has 0 saturated heterocycles. The summed E-state index contributed by atoms with van der Waals surface area (Å²) in [6.07, 6.45) is 6.68. The molecule has 26 heavy (non-hydrogen) atoms. The summed E-state index contributed by atoms with van der Waals surface area (Å²) in [6.45, 7) is 5.41. The van der Waals surface area contributed by atoms with Crippen LogP contribution in [0.3, 0.4) is 0 Å². The third-order valence-electron chi connectivity index (χ3n) is 3.79. The number of hydrogen-bond acceptors (Lipinski definition) is 5. The van der Waals surface area contributed by atoms with Crippen LogP contribution in [0.2, 0.25) is 0 Å². The van der Waals surface area contributed by atoms with Crippen LogP contribution in [0.5, 0.6) is 5.75 Å². The van der Waals surface area contributed by atoms with E-state index in [4.69, 9.17) is 9.47 Å². The van der Waals surface area contributed by atoms with Gasteiger partial charge in [0.15, 0.2) is 5.78 Å². The van der Waals surface area contributed by atoms with Gasteiger partial charge in [-0.05, 0) is 18.6 Å². The number of Topliss-reactive ketones (excluding diaryl/α,β-unsaturated/α-hetero) is 1. The van der Waals surface area contributed by atoms with Crippen molar-refractivity contribution in [1.82, 2.24) is 0 Å². The summed E-state index contributed by atoms with van der Waals surface area (Å²) in [5, 5.41) is 0. The van der Waals surface area contributed by atoms with Crippen molar-refractivity contribution in [1.29, 1.82) is 0 Å². The van der Waals surface area contributed by atoms with E-state index < -0.39 is 11.9 Å². The standard InChI is InChI=1S/C21H28O5/c1-3-4-5-6-7-9-12-18(22)16-25-21(24)17(2)15-20(23)26-19-13-10-8-11-14-19/h8,10-11,13-14H,2-7,9,12,15-16H2,1H3. The van der Waals surface area contributed by atoms with Crippen LogP contribution in [0.4, 0.5) is 0 Å². The second-order valence-corrected chi connectivity index (χ2v) is 6.20. The van der Waals surface area contributed by atoms with Gasteiger partial charge >= 0.3 is 11.9 Å². The van der Waals surface area contributed by atoms with Gasteiger partial charge in [0.05, 0.1) is 6.42 Å². The van der Waals surface area contributed by atoms with Crippen LogP contribution in [0.15, 0.2) is 42.5 Å². The quantitative estimate of drug-likeness (QED) is 0.226. The Labute approximate surface area is 155 Å². The Balaban J connectivity index is 2.18. The average molecular weight is 360 g/mol. The number of unbranched alkanes of at least 4 members (excludes halogenated alkanes) is 5. The molecule has 0 aliphatic rings. The summed E-state index contributed by atoms with van der Waals surface area (Å²) in [5.41, 5.74) is -0.0294. The zero-order chi connectivity index (χ0) is 19.2. The molecule has 0 aliphatic heterocycles.